The number of hydrogen-bond acceptors (Lipinski definition) is 5. The summed E-state index contributed by atoms with van der Waals surface area (Å²) >= 11 is 6.61. The number of thioether (sulfide) groups is 1. The van der Waals surface area contributed by atoms with Crippen molar-refractivity contribution in [3.8, 4) is 0 Å². The van der Waals surface area contributed by atoms with Gasteiger partial charge < -0.3 is 10.4 Å². The first-order valence-electron chi connectivity index (χ1n) is 12.1. The third-order valence-corrected chi connectivity index (χ3v) is 7.94. The number of carbonyl (C=O) groups excluding carboxylic acids is 2. The summed E-state index contributed by atoms with van der Waals surface area (Å²) in [4.78, 5) is 38.3. The maximum absolute atomic E-state index is 13.5. The fourth-order valence-corrected chi connectivity index (χ4v) is 6.15. The van der Waals surface area contributed by atoms with Gasteiger partial charge in [0.05, 0.1) is 28.7 Å². The highest BCUT2D eigenvalue weighted by atomic mass is 35.5. The van der Waals surface area contributed by atoms with E-state index in [0.29, 0.717) is 42.1 Å². The standard InChI is InChI=1S/C26H22ClF3N4O4S/c27-17-6-5-15(20(10-17)26(28,29)30)13-33-21-7-4-14(8-16(21)12-31-33)9-22-23(35)34(25(38)39-22)19-3-1-2-18(11-19)32-24(36)37/h4-10,12,18-19,32H,1-3,11,13H2,(H,36,37)/b22-9+. The van der Waals surface area contributed by atoms with Crippen LogP contribution in [0.1, 0.15) is 42.4 Å². The predicted molar refractivity (Wildman–Crippen MR) is 140 cm³/mol. The fraction of sp³-hybridized carbons (Fsp3) is 0.308. The van der Waals surface area contributed by atoms with Gasteiger partial charge in [-0.1, -0.05) is 23.7 Å². The molecule has 1 saturated heterocycles. The molecule has 8 nitrogen and oxygen atoms in total. The Morgan fingerprint density at radius 2 is 2.00 bits per heavy atom. The highest BCUT2D eigenvalue weighted by Gasteiger charge is 2.41. The van der Waals surface area contributed by atoms with E-state index in [1.165, 1.54) is 27.9 Å². The van der Waals surface area contributed by atoms with Crippen LogP contribution < -0.4 is 5.32 Å². The van der Waals surface area contributed by atoms with Crippen LogP contribution in [0.2, 0.25) is 5.02 Å². The maximum atomic E-state index is 13.5. The lowest BCUT2D eigenvalue weighted by atomic mass is 9.90. The molecule has 0 bridgehead atoms. The third kappa shape index (κ3) is 5.76. The lowest BCUT2D eigenvalue weighted by molar-refractivity contribution is -0.138. The number of imide groups is 1. The zero-order valence-electron chi connectivity index (χ0n) is 20.2. The zero-order chi connectivity index (χ0) is 27.9. The fourth-order valence-electron chi connectivity index (χ4n) is 5.08. The summed E-state index contributed by atoms with van der Waals surface area (Å²) in [5, 5.41) is 15.9. The Morgan fingerprint density at radius 3 is 2.74 bits per heavy atom. The molecule has 3 aromatic rings. The molecule has 1 aliphatic carbocycles. The Balaban J connectivity index is 1.35. The van der Waals surface area contributed by atoms with Crippen molar-refractivity contribution in [1.82, 2.24) is 20.0 Å². The van der Waals surface area contributed by atoms with Gasteiger partial charge in [0.25, 0.3) is 11.1 Å². The van der Waals surface area contributed by atoms with Crippen LogP contribution >= 0.6 is 23.4 Å². The van der Waals surface area contributed by atoms with Crippen LogP contribution in [0.15, 0.2) is 47.5 Å². The van der Waals surface area contributed by atoms with Crippen molar-refractivity contribution in [2.24, 2.45) is 0 Å². The van der Waals surface area contributed by atoms with Crippen molar-refractivity contribution in [3.63, 3.8) is 0 Å². The number of fused-ring (bicyclic) bond motifs is 1. The Hall–Kier alpha value is -3.51. The van der Waals surface area contributed by atoms with E-state index >= 15 is 0 Å². The molecule has 2 aliphatic rings. The van der Waals surface area contributed by atoms with Crippen molar-refractivity contribution in [3.05, 3.63) is 69.2 Å². The largest absolute Gasteiger partial charge is 0.465 e. The summed E-state index contributed by atoms with van der Waals surface area (Å²) in [5.74, 6) is -0.427. The number of nitrogens with one attached hydrogen (secondary N) is 1. The second kappa shape index (κ2) is 10.6. The number of halogens is 4. The number of amides is 3. The quantitative estimate of drug-likeness (QED) is 0.341. The number of nitrogens with zero attached hydrogens (tertiary/aromatic N) is 3. The summed E-state index contributed by atoms with van der Waals surface area (Å²) < 4.78 is 42.0. The zero-order valence-corrected chi connectivity index (χ0v) is 21.8. The molecule has 2 heterocycles. The van der Waals surface area contributed by atoms with Crippen LogP contribution in [-0.2, 0) is 17.5 Å². The molecule has 2 atom stereocenters. The molecule has 2 aromatic carbocycles. The number of alkyl halides is 3. The molecule has 2 fully saturated rings. The number of rotatable bonds is 5. The minimum atomic E-state index is -4.56. The number of benzene rings is 2. The molecule has 5 rings (SSSR count). The maximum Gasteiger partial charge on any atom is 0.416 e. The first-order chi connectivity index (χ1) is 18.5. The molecular formula is C26H22ClF3N4O4S. The summed E-state index contributed by atoms with van der Waals surface area (Å²) in [6.45, 7) is -0.118. The average Bonchev–Trinajstić information content (AvgIpc) is 3.38. The van der Waals surface area contributed by atoms with Crippen LogP contribution in [0.5, 0.6) is 0 Å². The molecule has 2 N–H and O–H groups in total. The minimum absolute atomic E-state index is 0.00862. The number of aromatic nitrogens is 2. The van der Waals surface area contributed by atoms with E-state index in [-0.39, 0.29) is 34.1 Å². The summed E-state index contributed by atoms with van der Waals surface area (Å²) in [5.41, 5.74) is 0.429. The van der Waals surface area contributed by atoms with Crippen molar-refractivity contribution in [2.75, 3.05) is 0 Å². The smallest absolute Gasteiger partial charge is 0.416 e. The van der Waals surface area contributed by atoms with Crippen molar-refractivity contribution in [2.45, 2.75) is 50.5 Å². The van der Waals surface area contributed by atoms with Gasteiger partial charge in [-0.15, -0.1) is 0 Å². The van der Waals surface area contributed by atoms with Gasteiger partial charge in [0, 0.05) is 22.5 Å². The normalized spacial score (nSPS) is 21.2. The molecule has 39 heavy (non-hydrogen) atoms. The van der Waals surface area contributed by atoms with Crippen LogP contribution in [-0.4, -0.2) is 49.1 Å². The van der Waals surface area contributed by atoms with E-state index in [0.717, 1.165) is 17.8 Å². The monoisotopic (exact) mass is 578 g/mol. The van der Waals surface area contributed by atoms with Crippen molar-refractivity contribution < 1.29 is 32.7 Å². The Bertz CT molecular complexity index is 1510. The van der Waals surface area contributed by atoms with Gasteiger partial charge in [0.1, 0.15) is 0 Å². The molecule has 1 aliphatic heterocycles. The summed E-state index contributed by atoms with van der Waals surface area (Å²) in [6, 6.07) is 8.06. The van der Waals surface area contributed by atoms with Crippen LogP contribution in [0, 0.1) is 0 Å². The van der Waals surface area contributed by atoms with Crippen LogP contribution in [0.4, 0.5) is 22.8 Å². The van der Waals surface area contributed by atoms with E-state index < -0.39 is 29.0 Å². The van der Waals surface area contributed by atoms with E-state index in [2.05, 4.69) is 10.4 Å². The SMILES string of the molecule is O=C(O)NC1CCCC(N2C(=O)S/C(=C/c3ccc4c(cnn4Cc4ccc(Cl)cc4C(F)(F)F)c3)C2=O)C1. The number of carboxylic acid groups (broad SMARTS) is 1. The van der Waals surface area contributed by atoms with Crippen LogP contribution in [0.3, 0.4) is 0 Å². The van der Waals surface area contributed by atoms with E-state index in [1.54, 1.807) is 24.3 Å². The number of hydrogen-bond donors (Lipinski definition) is 2. The first kappa shape index (κ1) is 27.1. The Labute approximate surface area is 229 Å². The molecule has 3 amide bonds. The van der Waals surface area contributed by atoms with Gasteiger partial charge >= 0.3 is 12.3 Å². The van der Waals surface area contributed by atoms with Crippen molar-refractivity contribution in [1.29, 1.82) is 0 Å². The number of carbonyl (C=O) groups is 3. The first-order valence-corrected chi connectivity index (χ1v) is 13.3. The van der Waals surface area contributed by atoms with Crippen LogP contribution in [0.25, 0.3) is 17.0 Å². The van der Waals surface area contributed by atoms with E-state index in [4.69, 9.17) is 16.7 Å². The van der Waals surface area contributed by atoms with Gasteiger partial charge in [0.15, 0.2) is 0 Å². The molecular weight excluding hydrogens is 557 g/mol. The van der Waals surface area contributed by atoms with Gasteiger partial charge in [-0.2, -0.15) is 18.3 Å². The molecule has 13 heteroatoms. The van der Waals surface area contributed by atoms with E-state index in [9.17, 15) is 27.6 Å². The highest BCUT2D eigenvalue weighted by molar-refractivity contribution is 8.18. The highest BCUT2D eigenvalue weighted by Crippen LogP contribution is 2.38. The Kier molecular flexibility index (Phi) is 7.34. The predicted octanol–water partition coefficient (Wildman–Crippen LogP) is 6.37. The second-order valence-electron chi connectivity index (χ2n) is 9.44. The summed E-state index contributed by atoms with van der Waals surface area (Å²) in [6.07, 6.45) is -0.259. The van der Waals surface area contributed by atoms with Gasteiger partial charge in [0.2, 0.25) is 0 Å². The second-order valence-corrected chi connectivity index (χ2v) is 10.9. The molecule has 2 unspecified atom stereocenters. The molecule has 1 aromatic heterocycles. The lowest BCUT2D eigenvalue weighted by Crippen LogP contribution is -2.47. The average molecular weight is 579 g/mol. The molecule has 1 saturated carbocycles. The van der Waals surface area contributed by atoms with Gasteiger partial charge in [-0.25, -0.2) is 4.79 Å². The molecule has 0 spiro atoms. The van der Waals surface area contributed by atoms with Crippen molar-refractivity contribution >= 4 is 57.6 Å². The van der Waals surface area contributed by atoms with E-state index in [1.807, 2.05) is 0 Å². The van der Waals surface area contributed by atoms with Gasteiger partial charge in [-0.3, -0.25) is 19.2 Å². The molecule has 204 valence electrons. The minimum Gasteiger partial charge on any atom is -0.465 e. The Morgan fingerprint density at radius 1 is 1.21 bits per heavy atom. The molecule has 0 radical (unpaired) electrons. The topological polar surface area (TPSA) is 105 Å². The van der Waals surface area contributed by atoms with Gasteiger partial charge in [-0.05, 0) is 78.9 Å². The lowest BCUT2D eigenvalue weighted by Gasteiger charge is -2.33. The third-order valence-electron chi connectivity index (χ3n) is 6.82. The summed E-state index contributed by atoms with van der Waals surface area (Å²) in [7, 11) is 0.